The molecule has 0 fully saturated rings. The van der Waals surface area contributed by atoms with Crippen molar-refractivity contribution in [2.45, 2.75) is 47.1 Å². The fourth-order valence-corrected chi connectivity index (χ4v) is 2.00. The van der Waals surface area contributed by atoms with Gasteiger partial charge in [0.25, 0.3) is 0 Å². The van der Waals surface area contributed by atoms with E-state index in [4.69, 9.17) is 4.98 Å². The van der Waals surface area contributed by atoms with Crippen molar-refractivity contribution < 1.29 is 0 Å². The molecule has 4 nitrogen and oxygen atoms in total. The molecular weight excluding hydrogens is 236 g/mol. The van der Waals surface area contributed by atoms with Gasteiger partial charge in [-0.05, 0) is 25.3 Å². The summed E-state index contributed by atoms with van der Waals surface area (Å²) in [5.41, 5.74) is 1.02. The second kappa shape index (κ2) is 8.86. The molecule has 1 aromatic rings. The molecule has 0 aliphatic heterocycles. The van der Waals surface area contributed by atoms with Crippen LogP contribution in [0.2, 0.25) is 0 Å². The number of nitrogens with one attached hydrogen (secondary N) is 1. The summed E-state index contributed by atoms with van der Waals surface area (Å²) in [5.74, 6) is 1.67. The Kier molecular flexibility index (Phi) is 7.41. The topological polar surface area (TPSA) is 41.1 Å². The van der Waals surface area contributed by atoms with Gasteiger partial charge in [-0.2, -0.15) is 0 Å². The van der Waals surface area contributed by atoms with Crippen LogP contribution in [-0.4, -0.2) is 29.6 Å². The Hall–Kier alpha value is -1.16. The first-order valence-corrected chi connectivity index (χ1v) is 7.43. The number of anilines is 1. The molecule has 0 saturated carbocycles. The first-order chi connectivity index (χ1) is 9.17. The highest BCUT2D eigenvalue weighted by molar-refractivity contribution is 5.36. The zero-order valence-corrected chi connectivity index (χ0v) is 12.8. The maximum Gasteiger partial charge on any atom is 0.147 e. The van der Waals surface area contributed by atoms with Gasteiger partial charge in [0.2, 0.25) is 0 Å². The lowest BCUT2D eigenvalue weighted by atomic mass is 10.2. The average Bonchev–Trinajstić information content (AvgIpc) is 2.38. The van der Waals surface area contributed by atoms with E-state index in [9.17, 15) is 0 Å². The van der Waals surface area contributed by atoms with Gasteiger partial charge in [0.15, 0.2) is 0 Å². The van der Waals surface area contributed by atoms with Crippen molar-refractivity contribution in [2.24, 2.45) is 5.92 Å². The van der Waals surface area contributed by atoms with Crippen LogP contribution < -0.4 is 10.2 Å². The molecule has 0 bridgehead atoms. The van der Waals surface area contributed by atoms with E-state index in [1.807, 2.05) is 12.4 Å². The second-order valence-electron chi connectivity index (χ2n) is 5.38. The van der Waals surface area contributed by atoms with Gasteiger partial charge < -0.3 is 10.2 Å². The van der Waals surface area contributed by atoms with E-state index in [2.05, 4.69) is 42.9 Å². The molecule has 0 aromatic carbocycles. The van der Waals surface area contributed by atoms with Crippen molar-refractivity contribution in [2.75, 3.05) is 24.5 Å². The molecule has 0 spiro atoms. The van der Waals surface area contributed by atoms with Crippen molar-refractivity contribution in [1.82, 2.24) is 15.3 Å². The van der Waals surface area contributed by atoms with E-state index >= 15 is 0 Å². The molecule has 0 radical (unpaired) electrons. The molecule has 1 N–H and O–H groups in total. The number of nitrogens with zero attached hydrogens (tertiary/aromatic N) is 3. The van der Waals surface area contributed by atoms with E-state index in [0.29, 0.717) is 5.92 Å². The molecular formula is C15H28N4. The molecule has 0 aliphatic carbocycles. The van der Waals surface area contributed by atoms with Crippen LogP contribution in [-0.2, 0) is 6.54 Å². The Morgan fingerprint density at radius 2 is 1.84 bits per heavy atom. The van der Waals surface area contributed by atoms with E-state index in [1.54, 1.807) is 0 Å². The average molecular weight is 264 g/mol. The SMILES string of the molecule is CCCN(CCC)c1cncc(CNCC(C)C)n1. The number of hydrogen-bond acceptors (Lipinski definition) is 4. The highest BCUT2D eigenvalue weighted by atomic mass is 15.2. The summed E-state index contributed by atoms with van der Waals surface area (Å²) in [6.45, 7) is 12.7. The molecule has 4 heteroatoms. The fraction of sp³-hybridized carbons (Fsp3) is 0.733. The molecule has 1 rings (SSSR count). The van der Waals surface area contributed by atoms with Crippen LogP contribution >= 0.6 is 0 Å². The quantitative estimate of drug-likeness (QED) is 0.744. The minimum atomic E-state index is 0.660. The maximum atomic E-state index is 4.71. The van der Waals surface area contributed by atoms with Crippen molar-refractivity contribution in [3.05, 3.63) is 18.1 Å². The lowest BCUT2D eigenvalue weighted by Crippen LogP contribution is -2.27. The van der Waals surface area contributed by atoms with Gasteiger partial charge in [0.1, 0.15) is 5.82 Å². The summed E-state index contributed by atoms with van der Waals surface area (Å²) in [5, 5.41) is 3.41. The van der Waals surface area contributed by atoms with E-state index in [0.717, 1.165) is 50.5 Å². The zero-order chi connectivity index (χ0) is 14.1. The third-order valence-electron chi connectivity index (χ3n) is 2.84. The Morgan fingerprint density at radius 1 is 1.16 bits per heavy atom. The minimum absolute atomic E-state index is 0.660. The summed E-state index contributed by atoms with van der Waals surface area (Å²) in [7, 11) is 0. The smallest absolute Gasteiger partial charge is 0.147 e. The maximum absolute atomic E-state index is 4.71. The van der Waals surface area contributed by atoms with Crippen LogP contribution in [0.1, 0.15) is 46.2 Å². The number of hydrogen-bond donors (Lipinski definition) is 1. The molecule has 19 heavy (non-hydrogen) atoms. The summed E-state index contributed by atoms with van der Waals surface area (Å²) in [4.78, 5) is 11.4. The summed E-state index contributed by atoms with van der Waals surface area (Å²) < 4.78 is 0. The van der Waals surface area contributed by atoms with Gasteiger partial charge in [-0.25, -0.2) is 4.98 Å². The lowest BCUT2D eigenvalue weighted by molar-refractivity contribution is 0.547. The van der Waals surface area contributed by atoms with Gasteiger partial charge in [0.05, 0.1) is 11.9 Å². The van der Waals surface area contributed by atoms with E-state index in [-0.39, 0.29) is 0 Å². The third-order valence-corrected chi connectivity index (χ3v) is 2.84. The van der Waals surface area contributed by atoms with Crippen LogP contribution in [0, 0.1) is 5.92 Å². The monoisotopic (exact) mass is 264 g/mol. The van der Waals surface area contributed by atoms with Crippen molar-refractivity contribution in [3.63, 3.8) is 0 Å². The second-order valence-corrected chi connectivity index (χ2v) is 5.38. The molecule has 0 unspecified atom stereocenters. The summed E-state index contributed by atoms with van der Waals surface area (Å²) in [6.07, 6.45) is 6.00. The fourth-order valence-electron chi connectivity index (χ4n) is 2.00. The van der Waals surface area contributed by atoms with Crippen molar-refractivity contribution in [1.29, 1.82) is 0 Å². The number of rotatable bonds is 9. The minimum Gasteiger partial charge on any atom is -0.355 e. The highest BCUT2D eigenvalue weighted by Crippen LogP contribution is 2.11. The number of aromatic nitrogens is 2. The van der Waals surface area contributed by atoms with E-state index < -0.39 is 0 Å². The first-order valence-electron chi connectivity index (χ1n) is 7.43. The Balaban J connectivity index is 2.63. The van der Waals surface area contributed by atoms with Crippen molar-refractivity contribution in [3.8, 4) is 0 Å². The molecule has 1 heterocycles. The van der Waals surface area contributed by atoms with Crippen LogP contribution in [0.25, 0.3) is 0 Å². The summed E-state index contributed by atoms with van der Waals surface area (Å²) in [6, 6.07) is 0. The summed E-state index contributed by atoms with van der Waals surface area (Å²) >= 11 is 0. The van der Waals surface area contributed by atoms with E-state index in [1.165, 1.54) is 0 Å². The van der Waals surface area contributed by atoms with Crippen LogP contribution in [0.3, 0.4) is 0 Å². The predicted octanol–water partition coefficient (Wildman–Crippen LogP) is 2.85. The predicted molar refractivity (Wildman–Crippen MR) is 81.4 cm³/mol. The molecule has 0 atom stereocenters. The third kappa shape index (κ3) is 6.01. The molecule has 0 saturated heterocycles. The Labute approximate surface area is 117 Å². The van der Waals surface area contributed by atoms with Gasteiger partial charge >= 0.3 is 0 Å². The first kappa shape index (κ1) is 15.9. The Morgan fingerprint density at radius 3 is 2.42 bits per heavy atom. The molecule has 1 aromatic heterocycles. The van der Waals surface area contributed by atoms with Gasteiger partial charge in [-0.3, -0.25) is 4.98 Å². The lowest BCUT2D eigenvalue weighted by Gasteiger charge is -2.22. The highest BCUT2D eigenvalue weighted by Gasteiger charge is 2.07. The normalized spacial score (nSPS) is 11.0. The standard InChI is InChI=1S/C15H28N4/c1-5-7-19(8-6-2)15-12-17-11-14(18-15)10-16-9-13(3)4/h11-13,16H,5-10H2,1-4H3. The zero-order valence-electron chi connectivity index (χ0n) is 12.8. The Bertz CT molecular complexity index is 346. The van der Waals surface area contributed by atoms with Crippen LogP contribution in [0.15, 0.2) is 12.4 Å². The largest absolute Gasteiger partial charge is 0.355 e. The molecule has 0 amide bonds. The molecule has 108 valence electrons. The van der Waals surface area contributed by atoms with Crippen LogP contribution in [0.5, 0.6) is 0 Å². The van der Waals surface area contributed by atoms with Gasteiger partial charge in [-0.1, -0.05) is 27.7 Å². The van der Waals surface area contributed by atoms with Gasteiger partial charge in [-0.15, -0.1) is 0 Å². The van der Waals surface area contributed by atoms with Gasteiger partial charge in [0, 0.05) is 25.8 Å². The molecule has 0 aliphatic rings. The van der Waals surface area contributed by atoms with Crippen molar-refractivity contribution >= 4 is 5.82 Å². The van der Waals surface area contributed by atoms with Crippen LogP contribution in [0.4, 0.5) is 5.82 Å².